The Balaban J connectivity index is 2.70. The fraction of sp³-hybridized carbons (Fsp3) is 0.562. The van der Waals surface area contributed by atoms with Crippen molar-refractivity contribution in [2.75, 3.05) is 14.2 Å². The summed E-state index contributed by atoms with van der Waals surface area (Å²) >= 11 is 0. The van der Waals surface area contributed by atoms with Gasteiger partial charge in [-0.15, -0.1) is 0 Å². The van der Waals surface area contributed by atoms with Crippen LogP contribution in [0, 0.1) is 0 Å². The third-order valence-electron chi connectivity index (χ3n) is 3.36. The lowest BCUT2D eigenvalue weighted by atomic mass is 10.0. The normalized spacial score (nSPS) is 11.4. The van der Waals surface area contributed by atoms with Crippen LogP contribution in [0.25, 0.3) is 0 Å². The fourth-order valence-electron chi connectivity index (χ4n) is 2.17. The van der Waals surface area contributed by atoms with Gasteiger partial charge in [0.15, 0.2) is 0 Å². The summed E-state index contributed by atoms with van der Waals surface area (Å²) in [4.78, 5) is 0. The molecule has 0 aliphatic heterocycles. The summed E-state index contributed by atoms with van der Waals surface area (Å²) in [5.41, 5.74) is 1.49. The summed E-state index contributed by atoms with van der Waals surface area (Å²) in [6.45, 7) is 2.20. The van der Waals surface area contributed by atoms with E-state index in [1.54, 1.807) is 20.3 Å². The molecule has 0 aliphatic carbocycles. The van der Waals surface area contributed by atoms with Crippen molar-refractivity contribution in [2.45, 2.75) is 45.4 Å². The topological polar surface area (TPSA) is 51.1 Å². The highest BCUT2D eigenvalue weighted by Crippen LogP contribution is 2.26. The highest BCUT2D eigenvalue weighted by atomic mass is 16.5. The highest BCUT2D eigenvalue weighted by molar-refractivity contribution is 6.02. The predicted molar refractivity (Wildman–Crippen MR) is 81.2 cm³/mol. The molecule has 20 heavy (non-hydrogen) atoms. The van der Waals surface area contributed by atoms with Crippen LogP contribution in [0.3, 0.4) is 0 Å². The van der Waals surface area contributed by atoms with Gasteiger partial charge in [-0.2, -0.15) is 0 Å². The van der Waals surface area contributed by atoms with Crippen molar-refractivity contribution in [3.63, 3.8) is 0 Å². The van der Waals surface area contributed by atoms with E-state index in [1.165, 1.54) is 19.3 Å². The molecule has 1 aromatic rings. The number of hydrogen-bond acceptors (Lipinski definition) is 4. The lowest BCUT2D eigenvalue weighted by Crippen LogP contribution is -2.04. The first kappa shape index (κ1) is 16.3. The molecule has 0 spiro atoms. The lowest BCUT2D eigenvalue weighted by Gasteiger charge is -2.11. The Hall–Kier alpha value is -1.71. The van der Waals surface area contributed by atoms with Crippen molar-refractivity contribution in [1.29, 1.82) is 0 Å². The molecule has 0 bridgehead atoms. The zero-order valence-electron chi connectivity index (χ0n) is 12.7. The minimum absolute atomic E-state index is 0.668. The van der Waals surface area contributed by atoms with Gasteiger partial charge in [0, 0.05) is 11.6 Å². The molecule has 1 aromatic carbocycles. The van der Waals surface area contributed by atoms with Crippen molar-refractivity contribution in [1.82, 2.24) is 0 Å². The molecule has 0 heterocycles. The van der Waals surface area contributed by atoms with Crippen molar-refractivity contribution < 1.29 is 14.7 Å². The molecule has 1 N–H and O–H groups in total. The van der Waals surface area contributed by atoms with E-state index in [4.69, 9.17) is 9.47 Å². The minimum Gasteiger partial charge on any atom is -0.497 e. The maximum Gasteiger partial charge on any atom is 0.131 e. The molecular weight excluding hydrogens is 254 g/mol. The number of ether oxygens (including phenoxy) is 2. The monoisotopic (exact) mass is 279 g/mol. The summed E-state index contributed by atoms with van der Waals surface area (Å²) in [5, 5.41) is 12.7. The number of benzene rings is 1. The second-order valence-corrected chi connectivity index (χ2v) is 4.78. The van der Waals surface area contributed by atoms with Crippen molar-refractivity contribution in [2.24, 2.45) is 5.16 Å². The van der Waals surface area contributed by atoms with Gasteiger partial charge in [-0.25, -0.2) is 0 Å². The van der Waals surface area contributed by atoms with Crippen LogP contribution in [0.2, 0.25) is 0 Å². The Morgan fingerprint density at radius 3 is 2.45 bits per heavy atom. The predicted octanol–water partition coefficient (Wildman–Crippen LogP) is 4.24. The zero-order chi connectivity index (χ0) is 14.8. The Labute approximate surface area is 121 Å². The van der Waals surface area contributed by atoms with Gasteiger partial charge in [-0.1, -0.05) is 37.8 Å². The van der Waals surface area contributed by atoms with E-state index in [1.807, 2.05) is 12.1 Å². The number of oxime groups is 1. The molecule has 1 rings (SSSR count). The Bertz CT molecular complexity index is 430. The highest BCUT2D eigenvalue weighted by Gasteiger charge is 2.12. The average Bonchev–Trinajstić information content (AvgIpc) is 2.50. The van der Waals surface area contributed by atoms with E-state index in [0.717, 1.165) is 30.6 Å². The first-order chi connectivity index (χ1) is 9.76. The summed E-state index contributed by atoms with van der Waals surface area (Å²) in [6, 6.07) is 5.52. The van der Waals surface area contributed by atoms with E-state index in [-0.39, 0.29) is 0 Å². The molecule has 4 nitrogen and oxygen atoms in total. The van der Waals surface area contributed by atoms with Gasteiger partial charge in [0.05, 0.1) is 19.9 Å². The van der Waals surface area contributed by atoms with E-state index < -0.39 is 0 Å². The quantitative estimate of drug-likeness (QED) is 0.318. The number of methoxy groups -OCH3 is 2. The molecule has 0 unspecified atom stereocenters. The molecule has 0 aromatic heterocycles. The standard InChI is InChI=1S/C16H25NO3/c1-4-5-6-7-8-9-15(17-18)14-11-10-13(19-2)12-16(14)20-3/h10-12,18H,4-9H2,1-3H3/b17-15-. The van der Waals surface area contributed by atoms with Gasteiger partial charge in [-0.3, -0.25) is 0 Å². The Morgan fingerprint density at radius 2 is 1.85 bits per heavy atom. The van der Waals surface area contributed by atoms with Crippen molar-refractivity contribution in [3.8, 4) is 11.5 Å². The Morgan fingerprint density at radius 1 is 1.10 bits per heavy atom. The number of unbranched alkanes of at least 4 members (excludes halogenated alkanes) is 4. The van der Waals surface area contributed by atoms with Gasteiger partial charge >= 0.3 is 0 Å². The van der Waals surface area contributed by atoms with E-state index in [0.29, 0.717) is 11.5 Å². The number of nitrogens with zero attached hydrogens (tertiary/aromatic N) is 1. The molecule has 0 saturated heterocycles. The zero-order valence-corrected chi connectivity index (χ0v) is 12.7. The average molecular weight is 279 g/mol. The summed E-state index contributed by atoms with van der Waals surface area (Å²) in [5.74, 6) is 1.40. The molecule has 0 radical (unpaired) electrons. The molecule has 112 valence electrons. The first-order valence-corrected chi connectivity index (χ1v) is 7.20. The number of hydrogen-bond donors (Lipinski definition) is 1. The molecule has 0 amide bonds. The van der Waals surface area contributed by atoms with Crippen LogP contribution in [0.15, 0.2) is 23.4 Å². The SMILES string of the molecule is CCCCCCC/C(=N/O)c1ccc(OC)cc1OC. The lowest BCUT2D eigenvalue weighted by molar-refractivity contribution is 0.317. The van der Waals surface area contributed by atoms with Crippen LogP contribution in [0.4, 0.5) is 0 Å². The minimum atomic E-state index is 0.668. The van der Waals surface area contributed by atoms with Crippen LogP contribution < -0.4 is 9.47 Å². The third-order valence-corrected chi connectivity index (χ3v) is 3.36. The van der Waals surface area contributed by atoms with Gasteiger partial charge in [0.1, 0.15) is 11.5 Å². The van der Waals surface area contributed by atoms with E-state index in [9.17, 15) is 5.21 Å². The first-order valence-electron chi connectivity index (χ1n) is 7.20. The fourth-order valence-corrected chi connectivity index (χ4v) is 2.17. The third kappa shape index (κ3) is 4.76. The Kier molecular flexibility index (Phi) is 7.55. The summed E-state index contributed by atoms with van der Waals surface area (Å²) in [7, 11) is 3.22. The maximum absolute atomic E-state index is 9.23. The molecule has 0 atom stereocenters. The molecule has 0 saturated carbocycles. The van der Waals surface area contributed by atoms with Crippen LogP contribution in [0.5, 0.6) is 11.5 Å². The van der Waals surface area contributed by atoms with Crippen LogP contribution in [0.1, 0.15) is 51.0 Å². The summed E-state index contributed by atoms with van der Waals surface area (Å²) in [6.07, 6.45) is 6.66. The maximum atomic E-state index is 9.23. The molecule has 0 fully saturated rings. The van der Waals surface area contributed by atoms with E-state index >= 15 is 0 Å². The van der Waals surface area contributed by atoms with Gasteiger partial charge in [-0.05, 0) is 25.0 Å². The molecule has 0 aliphatic rings. The largest absolute Gasteiger partial charge is 0.497 e. The van der Waals surface area contributed by atoms with E-state index in [2.05, 4.69) is 12.1 Å². The second kappa shape index (κ2) is 9.23. The van der Waals surface area contributed by atoms with Gasteiger partial charge in [0.2, 0.25) is 0 Å². The molecular formula is C16H25NO3. The smallest absolute Gasteiger partial charge is 0.131 e. The van der Waals surface area contributed by atoms with Crippen LogP contribution in [-0.2, 0) is 0 Å². The van der Waals surface area contributed by atoms with Crippen molar-refractivity contribution >= 4 is 5.71 Å². The van der Waals surface area contributed by atoms with Crippen molar-refractivity contribution in [3.05, 3.63) is 23.8 Å². The molecule has 4 heteroatoms. The van der Waals surface area contributed by atoms with Gasteiger partial charge in [0.25, 0.3) is 0 Å². The van der Waals surface area contributed by atoms with Crippen LogP contribution in [-0.4, -0.2) is 25.1 Å². The summed E-state index contributed by atoms with van der Waals surface area (Å²) < 4.78 is 10.5. The number of rotatable bonds is 9. The van der Waals surface area contributed by atoms with Crippen LogP contribution >= 0.6 is 0 Å². The van der Waals surface area contributed by atoms with Gasteiger partial charge < -0.3 is 14.7 Å². The second-order valence-electron chi connectivity index (χ2n) is 4.78.